The van der Waals surface area contributed by atoms with E-state index in [0.29, 0.717) is 0 Å². The standard InChI is InChI=1S/C16H21N3O/c1-4-18-14-9-15(11-17-10-14)19-12(2)13-5-7-16(20-3)8-6-13/h5-12,18-19H,4H2,1-3H3. The van der Waals surface area contributed by atoms with Gasteiger partial charge in [0.2, 0.25) is 0 Å². The average molecular weight is 271 g/mol. The minimum Gasteiger partial charge on any atom is -0.497 e. The van der Waals surface area contributed by atoms with E-state index >= 15 is 0 Å². The molecule has 20 heavy (non-hydrogen) atoms. The number of nitrogens with one attached hydrogen (secondary N) is 2. The molecule has 4 nitrogen and oxygen atoms in total. The minimum atomic E-state index is 0.208. The van der Waals surface area contributed by atoms with Gasteiger partial charge in [0.1, 0.15) is 5.75 Å². The zero-order chi connectivity index (χ0) is 14.4. The molecule has 0 spiro atoms. The second-order valence-corrected chi connectivity index (χ2v) is 4.63. The van der Waals surface area contributed by atoms with Gasteiger partial charge in [-0.15, -0.1) is 0 Å². The molecule has 1 unspecified atom stereocenters. The SMILES string of the molecule is CCNc1cncc(NC(C)c2ccc(OC)cc2)c1. The molecule has 2 rings (SSSR count). The molecule has 1 aromatic heterocycles. The fraction of sp³-hybridized carbons (Fsp3) is 0.312. The van der Waals surface area contributed by atoms with E-state index in [1.54, 1.807) is 7.11 Å². The summed E-state index contributed by atoms with van der Waals surface area (Å²) in [4.78, 5) is 4.23. The lowest BCUT2D eigenvalue weighted by Gasteiger charge is -2.16. The van der Waals surface area contributed by atoms with Crippen molar-refractivity contribution in [1.29, 1.82) is 0 Å². The maximum atomic E-state index is 5.17. The van der Waals surface area contributed by atoms with Crippen molar-refractivity contribution in [3.8, 4) is 5.75 Å². The largest absolute Gasteiger partial charge is 0.497 e. The molecule has 0 aliphatic rings. The van der Waals surface area contributed by atoms with Crippen molar-refractivity contribution in [1.82, 2.24) is 4.98 Å². The Bertz CT molecular complexity index is 540. The predicted molar refractivity (Wildman–Crippen MR) is 83.4 cm³/mol. The van der Waals surface area contributed by atoms with Gasteiger partial charge in [-0.25, -0.2) is 0 Å². The Morgan fingerprint density at radius 3 is 2.50 bits per heavy atom. The summed E-state index contributed by atoms with van der Waals surface area (Å²) in [5.74, 6) is 0.872. The second-order valence-electron chi connectivity index (χ2n) is 4.63. The van der Waals surface area contributed by atoms with E-state index in [9.17, 15) is 0 Å². The highest BCUT2D eigenvalue weighted by molar-refractivity contribution is 5.54. The fourth-order valence-corrected chi connectivity index (χ4v) is 2.05. The van der Waals surface area contributed by atoms with Gasteiger partial charge in [0.05, 0.1) is 30.9 Å². The first-order valence-corrected chi connectivity index (χ1v) is 6.82. The third-order valence-electron chi connectivity index (χ3n) is 3.12. The topological polar surface area (TPSA) is 46.2 Å². The highest BCUT2D eigenvalue weighted by atomic mass is 16.5. The third-order valence-corrected chi connectivity index (χ3v) is 3.12. The lowest BCUT2D eigenvalue weighted by molar-refractivity contribution is 0.414. The van der Waals surface area contributed by atoms with Crippen LogP contribution in [0.3, 0.4) is 0 Å². The minimum absolute atomic E-state index is 0.208. The smallest absolute Gasteiger partial charge is 0.118 e. The van der Waals surface area contributed by atoms with E-state index in [-0.39, 0.29) is 6.04 Å². The molecule has 0 amide bonds. The Balaban J connectivity index is 2.06. The van der Waals surface area contributed by atoms with Crippen molar-refractivity contribution in [2.24, 2.45) is 0 Å². The lowest BCUT2D eigenvalue weighted by atomic mass is 10.1. The van der Waals surface area contributed by atoms with Crippen molar-refractivity contribution in [2.75, 3.05) is 24.3 Å². The Morgan fingerprint density at radius 1 is 1.15 bits per heavy atom. The van der Waals surface area contributed by atoms with Crippen molar-refractivity contribution in [3.05, 3.63) is 48.3 Å². The van der Waals surface area contributed by atoms with Gasteiger partial charge in [0, 0.05) is 12.6 Å². The zero-order valence-corrected chi connectivity index (χ0v) is 12.2. The van der Waals surface area contributed by atoms with Gasteiger partial charge in [-0.1, -0.05) is 12.1 Å². The van der Waals surface area contributed by atoms with Crippen LogP contribution >= 0.6 is 0 Å². The molecule has 0 fully saturated rings. The highest BCUT2D eigenvalue weighted by Gasteiger charge is 2.06. The van der Waals surface area contributed by atoms with E-state index in [1.165, 1.54) is 5.56 Å². The molecule has 2 N–H and O–H groups in total. The molecule has 4 heteroatoms. The van der Waals surface area contributed by atoms with Crippen LogP contribution in [0.5, 0.6) is 5.75 Å². The summed E-state index contributed by atoms with van der Waals surface area (Å²) in [5.41, 5.74) is 3.24. The number of anilines is 2. The lowest BCUT2D eigenvalue weighted by Crippen LogP contribution is -2.07. The third kappa shape index (κ3) is 3.63. The molecular weight excluding hydrogens is 250 g/mol. The van der Waals surface area contributed by atoms with E-state index in [2.05, 4.69) is 47.7 Å². The summed E-state index contributed by atoms with van der Waals surface area (Å²) in [5, 5.41) is 6.71. The summed E-state index contributed by atoms with van der Waals surface area (Å²) in [6, 6.07) is 10.4. The predicted octanol–water partition coefficient (Wildman–Crippen LogP) is 3.70. The zero-order valence-electron chi connectivity index (χ0n) is 12.2. The van der Waals surface area contributed by atoms with Gasteiger partial charge in [-0.2, -0.15) is 0 Å². The first-order chi connectivity index (χ1) is 9.72. The second kappa shape index (κ2) is 6.80. The fourth-order valence-electron chi connectivity index (χ4n) is 2.05. The number of hydrogen-bond acceptors (Lipinski definition) is 4. The number of rotatable bonds is 6. The van der Waals surface area contributed by atoms with Gasteiger partial charge in [-0.05, 0) is 37.6 Å². The van der Waals surface area contributed by atoms with E-state index in [0.717, 1.165) is 23.7 Å². The number of hydrogen-bond donors (Lipinski definition) is 2. The summed E-state index contributed by atoms with van der Waals surface area (Å²) >= 11 is 0. The molecular formula is C16H21N3O. The van der Waals surface area contributed by atoms with Crippen LogP contribution in [-0.2, 0) is 0 Å². The van der Waals surface area contributed by atoms with E-state index < -0.39 is 0 Å². The van der Waals surface area contributed by atoms with Crippen molar-refractivity contribution < 1.29 is 4.74 Å². The van der Waals surface area contributed by atoms with Crippen molar-refractivity contribution in [3.63, 3.8) is 0 Å². The Hall–Kier alpha value is -2.23. The Kier molecular flexibility index (Phi) is 4.82. The number of aromatic nitrogens is 1. The van der Waals surface area contributed by atoms with Crippen molar-refractivity contribution >= 4 is 11.4 Å². The van der Waals surface area contributed by atoms with Crippen LogP contribution in [0.25, 0.3) is 0 Å². The van der Waals surface area contributed by atoms with Gasteiger partial charge < -0.3 is 15.4 Å². The highest BCUT2D eigenvalue weighted by Crippen LogP contribution is 2.22. The molecule has 1 atom stereocenters. The quantitative estimate of drug-likeness (QED) is 0.841. The summed E-state index contributed by atoms with van der Waals surface area (Å²) < 4.78 is 5.17. The average Bonchev–Trinajstić information content (AvgIpc) is 2.48. The molecule has 1 aromatic carbocycles. The number of methoxy groups -OCH3 is 1. The van der Waals surface area contributed by atoms with Gasteiger partial charge in [-0.3, -0.25) is 4.98 Å². The van der Waals surface area contributed by atoms with Crippen LogP contribution in [0.4, 0.5) is 11.4 Å². The number of nitrogens with zero attached hydrogens (tertiary/aromatic N) is 1. The van der Waals surface area contributed by atoms with Crippen LogP contribution in [0.1, 0.15) is 25.5 Å². The molecule has 2 aromatic rings. The number of ether oxygens (including phenoxy) is 1. The summed E-state index contributed by atoms with van der Waals surface area (Å²) in [6.07, 6.45) is 3.66. The van der Waals surface area contributed by atoms with Crippen molar-refractivity contribution in [2.45, 2.75) is 19.9 Å². The first kappa shape index (κ1) is 14.2. The summed E-state index contributed by atoms with van der Waals surface area (Å²) in [7, 11) is 1.68. The molecule has 106 valence electrons. The molecule has 0 bridgehead atoms. The molecule has 0 aliphatic carbocycles. The van der Waals surface area contributed by atoms with Gasteiger partial charge >= 0.3 is 0 Å². The van der Waals surface area contributed by atoms with Crippen LogP contribution in [0.2, 0.25) is 0 Å². The monoisotopic (exact) mass is 271 g/mol. The van der Waals surface area contributed by atoms with E-state index in [1.807, 2.05) is 24.5 Å². The number of benzene rings is 1. The van der Waals surface area contributed by atoms with Gasteiger partial charge in [0.15, 0.2) is 0 Å². The maximum absolute atomic E-state index is 5.17. The Labute approximate surface area is 120 Å². The van der Waals surface area contributed by atoms with Crippen LogP contribution in [0, 0.1) is 0 Å². The van der Waals surface area contributed by atoms with Crippen LogP contribution in [-0.4, -0.2) is 18.6 Å². The Morgan fingerprint density at radius 2 is 1.85 bits per heavy atom. The van der Waals surface area contributed by atoms with E-state index in [4.69, 9.17) is 4.74 Å². The summed E-state index contributed by atoms with van der Waals surface area (Å²) in [6.45, 7) is 5.08. The van der Waals surface area contributed by atoms with Crippen LogP contribution < -0.4 is 15.4 Å². The molecule has 0 aliphatic heterocycles. The molecule has 0 saturated carbocycles. The molecule has 0 saturated heterocycles. The normalized spacial score (nSPS) is 11.8. The van der Waals surface area contributed by atoms with Crippen LogP contribution in [0.15, 0.2) is 42.7 Å². The first-order valence-electron chi connectivity index (χ1n) is 6.82. The molecule has 0 radical (unpaired) electrons. The molecule has 1 heterocycles. The maximum Gasteiger partial charge on any atom is 0.118 e. The van der Waals surface area contributed by atoms with Gasteiger partial charge in [0.25, 0.3) is 0 Å². The number of pyridine rings is 1.